The van der Waals surface area contributed by atoms with Gasteiger partial charge in [0.05, 0.1) is 13.2 Å². The predicted octanol–water partition coefficient (Wildman–Crippen LogP) is 1.12. The first kappa shape index (κ1) is 14.0. The fraction of sp³-hybridized carbons (Fsp3) is 0.455. The first-order chi connectivity index (χ1) is 8.59. The molecule has 18 heavy (non-hydrogen) atoms. The van der Waals surface area contributed by atoms with Gasteiger partial charge in [-0.3, -0.25) is 0 Å². The Morgan fingerprint density at radius 3 is 2.61 bits per heavy atom. The minimum absolute atomic E-state index is 0.279. The van der Waals surface area contributed by atoms with Crippen molar-refractivity contribution < 1.29 is 13.2 Å². The largest absolute Gasteiger partial charge is 0.379 e. The summed E-state index contributed by atoms with van der Waals surface area (Å²) >= 11 is 3.39. The van der Waals surface area contributed by atoms with Crippen LogP contribution in [0.3, 0.4) is 0 Å². The number of nitrogens with zero attached hydrogens (tertiary/aromatic N) is 1. The van der Waals surface area contributed by atoms with Crippen molar-refractivity contribution in [2.75, 3.05) is 26.3 Å². The molecule has 5 nitrogen and oxygen atoms in total. The van der Waals surface area contributed by atoms with Crippen LogP contribution < -0.4 is 4.72 Å². The average Bonchev–Trinajstić information content (AvgIpc) is 2.39. The second kappa shape index (κ2) is 6.12. The number of benzene rings is 1. The molecule has 0 bridgehead atoms. The van der Waals surface area contributed by atoms with E-state index < -0.39 is 10.2 Å². The summed E-state index contributed by atoms with van der Waals surface area (Å²) in [7, 11) is -3.42. The van der Waals surface area contributed by atoms with Crippen molar-refractivity contribution in [2.45, 2.75) is 6.54 Å². The Morgan fingerprint density at radius 1 is 1.28 bits per heavy atom. The van der Waals surface area contributed by atoms with Crippen LogP contribution in [0.25, 0.3) is 0 Å². The van der Waals surface area contributed by atoms with E-state index in [9.17, 15) is 8.42 Å². The molecule has 1 N–H and O–H groups in total. The van der Waals surface area contributed by atoms with Gasteiger partial charge >= 0.3 is 0 Å². The van der Waals surface area contributed by atoms with E-state index in [1.165, 1.54) is 4.31 Å². The smallest absolute Gasteiger partial charge is 0.279 e. The molecule has 1 heterocycles. The maximum absolute atomic E-state index is 12.0. The van der Waals surface area contributed by atoms with Gasteiger partial charge in [-0.25, -0.2) is 0 Å². The van der Waals surface area contributed by atoms with Crippen LogP contribution >= 0.6 is 15.9 Å². The maximum atomic E-state index is 12.0. The van der Waals surface area contributed by atoms with Crippen LogP contribution in [-0.2, 0) is 21.5 Å². The summed E-state index contributed by atoms with van der Waals surface area (Å²) in [5.41, 5.74) is 0.911. The van der Waals surface area contributed by atoms with Crippen molar-refractivity contribution in [3.8, 4) is 0 Å². The quantitative estimate of drug-likeness (QED) is 0.897. The molecule has 1 aliphatic rings. The van der Waals surface area contributed by atoms with E-state index in [-0.39, 0.29) is 6.54 Å². The van der Waals surface area contributed by atoms with Crippen LogP contribution in [0.2, 0.25) is 0 Å². The Balaban J connectivity index is 1.98. The van der Waals surface area contributed by atoms with Gasteiger partial charge in [0.15, 0.2) is 0 Å². The van der Waals surface area contributed by atoms with Gasteiger partial charge in [0.2, 0.25) is 0 Å². The standard InChI is InChI=1S/C11H15BrN2O3S/c12-11-4-2-1-3-10(11)9-13-18(15,16)14-5-7-17-8-6-14/h1-4,13H,5-9H2. The maximum Gasteiger partial charge on any atom is 0.279 e. The van der Waals surface area contributed by atoms with Gasteiger partial charge in [-0.05, 0) is 11.6 Å². The molecule has 0 atom stereocenters. The monoisotopic (exact) mass is 334 g/mol. The zero-order chi connectivity index (χ0) is 13.0. The molecule has 0 amide bonds. The first-order valence-corrected chi connectivity index (χ1v) is 7.89. The van der Waals surface area contributed by atoms with E-state index in [0.29, 0.717) is 26.3 Å². The molecule has 0 aromatic heterocycles. The van der Waals surface area contributed by atoms with Crippen LogP contribution in [0.5, 0.6) is 0 Å². The molecule has 1 aromatic carbocycles. The summed E-state index contributed by atoms with van der Waals surface area (Å²) < 4.78 is 34.1. The molecule has 0 spiro atoms. The van der Waals surface area contributed by atoms with Crippen molar-refractivity contribution in [3.63, 3.8) is 0 Å². The second-order valence-electron chi connectivity index (χ2n) is 3.93. The molecule has 1 aliphatic heterocycles. The number of rotatable bonds is 4. The highest BCUT2D eigenvalue weighted by Gasteiger charge is 2.23. The lowest BCUT2D eigenvalue weighted by Gasteiger charge is -2.26. The van der Waals surface area contributed by atoms with Gasteiger partial charge in [0.1, 0.15) is 0 Å². The number of ether oxygens (including phenoxy) is 1. The minimum atomic E-state index is -3.42. The molecule has 0 saturated carbocycles. The predicted molar refractivity (Wildman–Crippen MR) is 72.3 cm³/mol. The van der Waals surface area contributed by atoms with Crippen molar-refractivity contribution in [1.82, 2.24) is 9.03 Å². The van der Waals surface area contributed by atoms with E-state index in [1.807, 2.05) is 24.3 Å². The van der Waals surface area contributed by atoms with Gasteiger partial charge in [-0.1, -0.05) is 34.1 Å². The first-order valence-electron chi connectivity index (χ1n) is 5.65. The number of halogens is 1. The van der Waals surface area contributed by atoms with Gasteiger partial charge in [0, 0.05) is 24.1 Å². The molecular formula is C11H15BrN2O3S. The third-order valence-corrected chi connectivity index (χ3v) is 5.04. The normalized spacial score (nSPS) is 17.8. The molecule has 0 aliphatic carbocycles. The highest BCUT2D eigenvalue weighted by molar-refractivity contribution is 9.10. The lowest BCUT2D eigenvalue weighted by atomic mass is 10.2. The van der Waals surface area contributed by atoms with Crippen LogP contribution in [-0.4, -0.2) is 39.0 Å². The summed E-state index contributed by atoms with van der Waals surface area (Å²) in [6.45, 7) is 2.00. The van der Waals surface area contributed by atoms with Crippen LogP contribution in [0.1, 0.15) is 5.56 Å². The highest BCUT2D eigenvalue weighted by atomic mass is 79.9. The molecular weight excluding hydrogens is 320 g/mol. The Bertz CT molecular complexity index is 501. The van der Waals surface area contributed by atoms with Crippen LogP contribution in [0.15, 0.2) is 28.7 Å². The second-order valence-corrected chi connectivity index (χ2v) is 6.54. The van der Waals surface area contributed by atoms with Crippen molar-refractivity contribution in [2.24, 2.45) is 0 Å². The average molecular weight is 335 g/mol. The Morgan fingerprint density at radius 2 is 1.94 bits per heavy atom. The summed E-state index contributed by atoms with van der Waals surface area (Å²) in [4.78, 5) is 0. The lowest BCUT2D eigenvalue weighted by molar-refractivity contribution is 0.0725. The summed E-state index contributed by atoms with van der Waals surface area (Å²) in [5.74, 6) is 0. The van der Waals surface area contributed by atoms with Crippen molar-refractivity contribution in [1.29, 1.82) is 0 Å². The molecule has 1 aromatic rings. The number of morpholine rings is 1. The third-order valence-electron chi connectivity index (χ3n) is 2.71. The minimum Gasteiger partial charge on any atom is -0.379 e. The Hall–Kier alpha value is -0.470. The number of nitrogens with one attached hydrogen (secondary N) is 1. The summed E-state index contributed by atoms with van der Waals surface area (Å²) in [6, 6.07) is 7.54. The Kier molecular flexibility index (Phi) is 4.74. The highest BCUT2D eigenvalue weighted by Crippen LogP contribution is 2.16. The molecule has 7 heteroatoms. The third kappa shape index (κ3) is 3.52. The zero-order valence-electron chi connectivity index (χ0n) is 9.80. The molecule has 1 saturated heterocycles. The van der Waals surface area contributed by atoms with E-state index in [1.54, 1.807) is 0 Å². The molecule has 100 valence electrons. The van der Waals surface area contributed by atoms with Gasteiger partial charge < -0.3 is 4.74 Å². The van der Waals surface area contributed by atoms with Gasteiger partial charge in [-0.15, -0.1) is 0 Å². The van der Waals surface area contributed by atoms with E-state index in [2.05, 4.69) is 20.7 Å². The van der Waals surface area contributed by atoms with E-state index in [4.69, 9.17) is 4.74 Å². The topological polar surface area (TPSA) is 58.6 Å². The fourth-order valence-corrected chi connectivity index (χ4v) is 3.26. The Labute approximate surface area is 115 Å². The fourth-order valence-electron chi connectivity index (χ4n) is 1.69. The molecule has 0 unspecified atom stereocenters. The lowest BCUT2D eigenvalue weighted by Crippen LogP contribution is -2.46. The van der Waals surface area contributed by atoms with Crippen LogP contribution in [0.4, 0.5) is 0 Å². The van der Waals surface area contributed by atoms with Crippen LogP contribution in [0, 0.1) is 0 Å². The van der Waals surface area contributed by atoms with Gasteiger partial charge in [-0.2, -0.15) is 17.4 Å². The van der Waals surface area contributed by atoms with E-state index >= 15 is 0 Å². The SMILES string of the molecule is O=S(=O)(NCc1ccccc1Br)N1CCOCC1. The van der Waals surface area contributed by atoms with E-state index in [0.717, 1.165) is 10.0 Å². The van der Waals surface area contributed by atoms with Gasteiger partial charge in [0.25, 0.3) is 10.2 Å². The van der Waals surface area contributed by atoms with Crippen molar-refractivity contribution >= 4 is 26.1 Å². The number of hydrogen-bond acceptors (Lipinski definition) is 3. The molecule has 1 fully saturated rings. The zero-order valence-corrected chi connectivity index (χ0v) is 12.2. The van der Waals surface area contributed by atoms with Crippen molar-refractivity contribution in [3.05, 3.63) is 34.3 Å². The number of hydrogen-bond donors (Lipinski definition) is 1. The molecule has 2 rings (SSSR count). The summed E-state index contributed by atoms with van der Waals surface area (Å²) in [5, 5.41) is 0. The molecule has 0 radical (unpaired) electrons. The summed E-state index contributed by atoms with van der Waals surface area (Å²) in [6.07, 6.45) is 0.